The molecule has 0 bridgehead atoms. The SMILES string of the molecule is O=C1C=C(N2CCOCC2)CC2=C1CC=C2c1cc(Br)c2[nH]ncc2c1. The Morgan fingerprint density at radius 1 is 1.19 bits per heavy atom. The number of ketones is 1. The van der Waals surface area contributed by atoms with Crippen LogP contribution in [-0.2, 0) is 9.53 Å². The third-order valence-electron chi connectivity index (χ3n) is 5.38. The van der Waals surface area contributed by atoms with Crippen molar-refractivity contribution in [1.82, 2.24) is 15.1 Å². The van der Waals surface area contributed by atoms with Gasteiger partial charge in [0, 0.05) is 46.7 Å². The molecular formula is C20H18BrN3O2. The lowest BCUT2D eigenvalue weighted by molar-refractivity contribution is -0.111. The van der Waals surface area contributed by atoms with Gasteiger partial charge in [0.2, 0.25) is 0 Å². The molecule has 0 spiro atoms. The zero-order valence-corrected chi connectivity index (χ0v) is 15.8. The minimum Gasteiger partial charge on any atom is -0.378 e. The van der Waals surface area contributed by atoms with Gasteiger partial charge in [-0.2, -0.15) is 5.10 Å². The molecule has 0 unspecified atom stereocenters. The number of hydrogen-bond donors (Lipinski definition) is 1. The van der Waals surface area contributed by atoms with Gasteiger partial charge in [0.05, 0.1) is 24.9 Å². The zero-order chi connectivity index (χ0) is 17.7. The summed E-state index contributed by atoms with van der Waals surface area (Å²) in [5.74, 6) is 0.155. The molecule has 0 saturated carbocycles. The smallest absolute Gasteiger partial charge is 0.184 e. The van der Waals surface area contributed by atoms with E-state index in [2.05, 4.69) is 49.2 Å². The minimum absolute atomic E-state index is 0.155. The van der Waals surface area contributed by atoms with Crippen molar-refractivity contribution in [2.75, 3.05) is 26.3 Å². The number of rotatable bonds is 2. The Kier molecular flexibility index (Phi) is 3.83. The Morgan fingerprint density at radius 2 is 2.04 bits per heavy atom. The Morgan fingerprint density at radius 3 is 2.88 bits per heavy atom. The van der Waals surface area contributed by atoms with Gasteiger partial charge in [-0.25, -0.2) is 0 Å². The first-order chi connectivity index (χ1) is 12.7. The average Bonchev–Trinajstić information content (AvgIpc) is 3.29. The topological polar surface area (TPSA) is 58.2 Å². The summed E-state index contributed by atoms with van der Waals surface area (Å²) in [6.07, 6.45) is 7.38. The van der Waals surface area contributed by atoms with Crippen molar-refractivity contribution in [3.05, 3.63) is 57.4 Å². The number of carbonyl (C=O) groups is 1. The van der Waals surface area contributed by atoms with Crippen molar-refractivity contribution < 1.29 is 9.53 Å². The molecule has 1 N–H and O–H groups in total. The lowest BCUT2D eigenvalue weighted by Crippen LogP contribution is -2.36. The number of fused-ring (bicyclic) bond motifs is 1. The summed E-state index contributed by atoms with van der Waals surface area (Å²) in [4.78, 5) is 15.0. The van der Waals surface area contributed by atoms with Crippen molar-refractivity contribution >= 4 is 38.2 Å². The van der Waals surface area contributed by atoms with Crippen LogP contribution < -0.4 is 0 Å². The van der Waals surface area contributed by atoms with Crippen molar-refractivity contribution in [2.24, 2.45) is 0 Å². The van der Waals surface area contributed by atoms with Crippen LogP contribution in [0, 0.1) is 0 Å². The van der Waals surface area contributed by atoms with Gasteiger partial charge < -0.3 is 9.64 Å². The molecule has 5 rings (SSSR count). The summed E-state index contributed by atoms with van der Waals surface area (Å²) in [6, 6.07) is 4.25. The van der Waals surface area contributed by atoms with E-state index in [0.717, 1.165) is 71.4 Å². The van der Waals surface area contributed by atoms with E-state index in [1.165, 1.54) is 11.1 Å². The predicted octanol–water partition coefficient (Wildman–Crippen LogP) is 3.60. The van der Waals surface area contributed by atoms with Crippen molar-refractivity contribution in [3.63, 3.8) is 0 Å². The zero-order valence-electron chi connectivity index (χ0n) is 14.2. The second kappa shape index (κ2) is 6.21. The number of nitrogens with zero attached hydrogens (tertiary/aromatic N) is 2. The molecule has 1 aliphatic heterocycles. The Labute approximate surface area is 159 Å². The number of aromatic amines is 1. The summed E-state index contributed by atoms with van der Waals surface area (Å²) < 4.78 is 6.44. The highest BCUT2D eigenvalue weighted by Gasteiger charge is 2.30. The molecule has 132 valence electrons. The second-order valence-corrected chi connectivity index (χ2v) is 7.70. The Bertz CT molecular complexity index is 1010. The number of aromatic nitrogens is 2. The molecule has 1 aromatic heterocycles. The Hall–Kier alpha value is -2.18. The monoisotopic (exact) mass is 411 g/mol. The minimum atomic E-state index is 0.155. The number of ether oxygens (including phenoxy) is 1. The largest absolute Gasteiger partial charge is 0.378 e. The Balaban J connectivity index is 1.50. The van der Waals surface area contributed by atoms with E-state index in [1.807, 2.05) is 12.3 Å². The van der Waals surface area contributed by atoms with E-state index in [1.54, 1.807) is 0 Å². The number of allylic oxidation sites excluding steroid dienone is 5. The fraction of sp³-hybridized carbons (Fsp3) is 0.300. The lowest BCUT2D eigenvalue weighted by atomic mass is 9.89. The van der Waals surface area contributed by atoms with E-state index in [-0.39, 0.29) is 5.78 Å². The van der Waals surface area contributed by atoms with Gasteiger partial charge >= 0.3 is 0 Å². The number of morpholine rings is 1. The van der Waals surface area contributed by atoms with Crippen LogP contribution in [0.4, 0.5) is 0 Å². The molecule has 3 aliphatic rings. The normalized spacial score (nSPS) is 20.5. The first kappa shape index (κ1) is 16.0. The fourth-order valence-electron chi connectivity index (χ4n) is 4.05. The lowest BCUT2D eigenvalue weighted by Gasteiger charge is -2.33. The van der Waals surface area contributed by atoms with Crippen molar-refractivity contribution in [2.45, 2.75) is 12.8 Å². The molecule has 6 heteroatoms. The van der Waals surface area contributed by atoms with Crippen LogP contribution in [0.2, 0.25) is 0 Å². The van der Waals surface area contributed by atoms with Crippen LogP contribution in [0.5, 0.6) is 0 Å². The van der Waals surface area contributed by atoms with Crippen LogP contribution in [0.15, 0.2) is 51.8 Å². The van der Waals surface area contributed by atoms with Crippen LogP contribution in [0.25, 0.3) is 16.5 Å². The molecule has 2 aliphatic carbocycles. The second-order valence-electron chi connectivity index (χ2n) is 6.85. The van der Waals surface area contributed by atoms with Crippen LogP contribution >= 0.6 is 15.9 Å². The molecule has 26 heavy (non-hydrogen) atoms. The van der Waals surface area contributed by atoms with Gasteiger partial charge in [-0.15, -0.1) is 0 Å². The van der Waals surface area contributed by atoms with E-state index in [0.29, 0.717) is 0 Å². The quantitative estimate of drug-likeness (QED) is 0.819. The van der Waals surface area contributed by atoms with Crippen molar-refractivity contribution in [1.29, 1.82) is 0 Å². The van der Waals surface area contributed by atoms with E-state index < -0.39 is 0 Å². The van der Waals surface area contributed by atoms with Crippen LogP contribution in [0.3, 0.4) is 0 Å². The molecule has 2 heterocycles. The molecule has 1 fully saturated rings. The molecular weight excluding hydrogens is 394 g/mol. The summed E-state index contributed by atoms with van der Waals surface area (Å²) in [5, 5.41) is 8.20. The number of carbonyl (C=O) groups excluding carboxylic acids is 1. The number of nitrogens with one attached hydrogen (secondary N) is 1. The first-order valence-electron chi connectivity index (χ1n) is 8.84. The molecule has 1 aromatic carbocycles. The average molecular weight is 412 g/mol. The maximum absolute atomic E-state index is 12.7. The van der Waals surface area contributed by atoms with Crippen molar-refractivity contribution in [3.8, 4) is 0 Å². The number of halogens is 1. The summed E-state index contributed by atoms with van der Waals surface area (Å²) in [6.45, 7) is 3.16. The fourth-order valence-corrected chi connectivity index (χ4v) is 4.61. The molecule has 0 radical (unpaired) electrons. The number of hydrogen-bond acceptors (Lipinski definition) is 4. The van der Waals surface area contributed by atoms with Gasteiger partial charge in [-0.3, -0.25) is 9.89 Å². The van der Waals surface area contributed by atoms with Crippen LogP contribution in [-0.4, -0.2) is 47.2 Å². The van der Waals surface area contributed by atoms with Gasteiger partial charge in [0.1, 0.15) is 0 Å². The summed E-state index contributed by atoms with van der Waals surface area (Å²) in [7, 11) is 0. The number of H-pyrrole nitrogens is 1. The first-order valence-corrected chi connectivity index (χ1v) is 9.63. The summed E-state index contributed by atoms with van der Waals surface area (Å²) >= 11 is 3.63. The molecule has 0 amide bonds. The molecule has 0 atom stereocenters. The van der Waals surface area contributed by atoms with E-state index in [9.17, 15) is 4.79 Å². The van der Waals surface area contributed by atoms with Gasteiger partial charge in [0.25, 0.3) is 0 Å². The van der Waals surface area contributed by atoms with Crippen LogP contribution in [0.1, 0.15) is 18.4 Å². The summed E-state index contributed by atoms with van der Waals surface area (Å²) in [5.41, 5.74) is 6.54. The third kappa shape index (κ3) is 2.56. The molecule has 5 nitrogen and oxygen atoms in total. The van der Waals surface area contributed by atoms with E-state index >= 15 is 0 Å². The third-order valence-corrected chi connectivity index (χ3v) is 6.01. The number of benzene rings is 1. The predicted molar refractivity (Wildman–Crippen MR) is 104 cm³/mol. The van der Waals surface area contributed by atoms with E-state index in [4.69, 9.17) is 4.74 Å². The van der Waals surface area contributed by atoms with Gasteiger partial charge in [-0.05, 0) is 51.2 Å². The highest BCUT2D eigenvalue weighted by molar-refractivity contribution is 9.10. The molecule has 2 aromatic rings. The maximum Gasteiger partial charge on any atom is 0.184 e. The highest BCUT2D eigenvalue weighted by atomic mass is 79.9. The van der Waals surface area contributed by atoms with Gasteiger partial charge in [-0.1, -0.05) is 6.08 Å². The van der Waals surface area contributed by atoms with Gasteiger partial charge in [0.15, 0.2) is 5.78 Å². The molecule has 1 saturated heterocycles. The maximum atomic E-state index is 12.7. The standard InChI is InChI=1S/C20H18BrN3O2/c21-18-8-12(7-13-11-22-23-20(13)18)15-1-2-16-17(15)9-14(10-19(16)25)24-3-5-26-6-4-24/h1,7-8,10-11H,2-6,9H2,(H,22,23). The highest BCUT2D eigenvalue weighted by Crippen LogP contribution is 2.42.